The summed E-state index contributed by atoms with van der Waals surface area (Å²) in [6, 6.07) is 16.8. The standard InChI is InChI=1S/2C17H16O8/c2*1-2-9(18)21-13-11-10(19)12-14(15(13)25-17(23-11)24-12)22-16(20)8-6-4-3-5-7-8/h2*2-7,10-15,17,19H,1H2/t2*10-,11-,12+,13+,14+,15-,17+/m10/s1. The van der Waals surface area contributed by atoms with Gasteiger partial charge in [0, 0.05) is 12.2 Å². The molecule has 2 aromatic rings. The minimum atomic E-state index is -1.13. The molecular formula is C34H32O16. The van der Waals surface area contributed by atoms with Crippen LogP contribution in [0.25, 0.3) is 0 Å². The molecule has 0 unspecified atom stereocenters. The SMILES string of the molecule is C=CC(=O)O[C@@H]1[C@H]2O[C@H]3O[C@@H]1[C@@H](O)[C@H](O3)[C@@H]2OC(=O)c1ccccc1.C=CC(=O)O[C@H]1[C@@H]2O[C@H]3O[C@H]([C@@H](O)[C@@H]1O3)[C@H]2OC(=O)c1ccccc1. The molecule has 50 heavy (non-hydrogen) atoms. The lowest BCUT2D eigenvalue weighted by molar-refractivity contribution is -0.479. The van der Waals surface area contributed by atoms with E-state index in [0.29, 0.717) is 11.1 Å². The maximum Gasteiger partial charge on any atom is 0.338 e. The van der Waals surface area contributed by atoms with Crippen molar-refractivity contribution < 1.29 is 76.8 Å². The van der Waals surface area contributed by atoms with Crippen LogP contribution < -0.4 is 0 Å². The second-order valence-electron chi connectivity index (χ2n) is 11.8. The summed E-state index contributed by atoms with van der Waals surface area (Å²) in [6.45, 7) is 4.70. The van der Waals surface area contributed by atoms with Crippen molar-refractivity contribution in [1.29, 1.82) is 0 Å². The van der Waals surface area contributed by atoms with Crippen LogP contribution in [0, 0.1) is 0 Å². The van der Waals surface area contributed by atoms with Gasteiger partial charge < -0.3 is 57.6 Å². The molecule has 16 heteroatoms. The number of hydrogen-bond donors (Lipinski definition) is 2. The van der Waals surface area contributed by atoms with Gasteiger partial charge in [-0.1, -0.05) is 49.6 Å². The lowest BCUT2D eigenvalue weighted by Gasteiger charge is -2.56. The first-order valence-corrected chi connectivity index (χ1v) is 15.6. The highest BCUT2D eigenvalue weighted by Gasteiger charge is 2.66. The van der Waals surface area contributed by atoms with Gasteiger partial charge in [0.05, 0.1) is 11.1 Å². The van der Waals surface area contributed by atoms with E-state index in [2.05, 4.69) is 13.2 Å². The zero-order valence-electron chi connectivity index (χ0n) is 26.0. The van der Waals surface area contributed by atoms with Gasteiger partial charge in [-0.2, -0.15) is 0 Å². The molecule has 0 spiro atoms. The van der Waals surface area contributed by atoms with Gasteiger partial charge in [0.2, 0.25) is 0 Å². The average Bonchev–Trinajstić information content (AvgIpc) is 3.14. The fourth-order valence-electron chi connectivity index (χ4n) is 6.61. The molecular weight excluding hydrogens is 664 g/mol. The van der Waals surface area contributed by atoms with Crippen molar-refractivity contribution >= 4 is 23.9 Å². The van der Waals surface area contributed by atoms with Crippen molar-refractivity contribution in [2.24, 2.45) is 0 Å². The number of carbonyl (C=O) groups excluding carboxylic acids is 4. The zero-order valence-corrected chi connectivity index (χ0v) is 26.0. The van der Waals surface area contributed by atoms with Gasteiger partial charge >= 0.3 is 23.9 Å². The fourth-order valence-corrected chi connectivity index (χ4v) is 6.61. The highest BCUT2D eigenvalue weighted by molar-refractivity contribution is 5.90. The Labute approximate surface area is 283 Å². The second-order valence-corrected chi connectivity index (χ2v) is 11.8. The van der Waals surface area contributed by atoms with Crippen molar-refractivity contribution in [1.82, 2.24) is 0 Å². The minimum absolute atomic E-state index is 0.349. The van der Waals surface area contributed by atoms with Crippen LogP contribution in [0.2, 0.25) is 0 Å². The maximum absolute atomic E-state index is 12.4. The molecule has 0 radical (unpaired) electrons. The molecule has 8 aliphatic rings. The Bertz CT molecular complexity index is 1500. The quantitative estimate of drug-likeness (QED) is 0.217. The monoisotopic (exact) mass is 696 g/mol. The van der Waals surface area contributed by atoms with Gasteiger partial charge in [-0.15, -0.1) is 0 Å². The number of hydrogen-bond acceptors (Lipinski definition) is 16. The molecule has 0 amide bonds. The number of carbonyl (C=O) groups is 4. The first kappa shape index (κ1) is 34.0. The Morgan fingerprint density at radius 3 is 1.12 bits per heavy atom. The van der Waals surface area contributed by atoms with Gasteiger partial charge in [-0.05, 0) is 24.3 Å². The molecule has 16 nitrogen and oxygen atoms in total. The van der Waals surface area contributed by atoms with E-state index in [0.717, 1.165) is 12.2 Å². The summed E-state index contributed by atoms with van der Waals surface area (Å²) in [5, 5.41) is 20.8. The zero-order chi connectivity index (χ0) is 35.1. The van der Waals surface area contributed by atoms with E-state index >= 15 is 0 Å². The summed E-state index contributed by atoms with van der Waals surface area (Å²) in [4.78, 5) is 47.9. The summed E-state index contributed by atoms with van der Waals surface area (Å²) in [6.07, 6.45) is -8.93. The lowest BCUT2D eigenvalue weighted by Crippen LogP contribution is -2.76. The Morgan fingerprint density at radius 1 is 0.500 bits per heavy atom. The number of aliphatic hydroxyl groups excluding tert-OH is 2. The topological polar surface area (TPSA) is 201 Å². The molecule has 14 atom stereocenters. The Morgan fingerprint density at radius 2 is 0.800 bits per heavy atom. The lowest BCUT2D eigenvalue weighted by atomic mass is 9.82. The first-order chi connectivity index (χ1) is 24.2. The summed E-state index contributed by atoms with van der Waals surface area (Å²) >= 11 is 0. The minimum Gasteiger partial charge on any atom is -0.453 e. The van der Waals surface area contributed by atoms with Crippen molar-refractivity contribution in [3.8, 4) is 0 Å². The van der Waals surface area contributed by atoms with Crippen molar-refractivity contribution in [2.75, 3.05) is 0 Å². The molecule has 6 saturated heterocycles. The van der Waals surface area contributed by atoms with Crippen LogP contribution in [-0.2, 0) is 57.0 Å². The fraction of sp³-hybridized carbons (Fsp3) is 0.412. The molecule has 2 saturated carbocycles. The number of esters is 4. The first-order valence-electron chi connectivity index (χ1n) is 15.6. The third-order valence-corrected chi connectivity index (χ3v) is 8.89. The third kappa shape index (κ3) is 6.31. The van der Waals surface area contributed by atoms with E-state index in [-0.39, 0.29) is 0 Å². The summed E-state index contributed by atoms with van der Waals surface area (Å²) in [5.74, 6) is -2.56. The van der Waals surface area contributed by atoms with E-state index < -0.39 is 110 Å². The molecule has 10 rings (SSSR count). The highest BCUT2D eigenvalue weighted by Crippen LogP contribution is 2.44. The second kappa shape index (κ2) is 14.0. The van der Waals surface area contributed by atoms with Crippen molar-refractivity contribution in [3.05, 3.63) is 97.1 Å². The van der Waals surface area contributed by atoms with Gasteiger partial charge in [-0.3, -0.25) is 0 Å². The number of aliphatic hydroxyl groups is 2. The van der Waals surface area contributed by atoms with Crippen LogP contribution in [-0.4, -0.2) is 120 Å². The van der Waals surface area contributed by atoms with Crippen molar-refractivity contribution in [3.63, 3.8) is 0 Å². The van der Waals surface area contributed by atoms with Crippen LogP contribution >= 0.6 is 0 Å². The number of ether oxygens (including phenoxy) is 10. The summed E-state index contributed by atoms with van der Waals surface area (Å²) in [7, 11) is 0. The average molecular weight is 697 g/mol. The molecule has 8 bridgehead atoms. The van der Waals surface area contributed by atoms with Crippen LogP contribution in [0.4, 0.5) is 0 Å². The largest absolute Gasteiger partial charge is 0.453 e. The molecule has 0 aromatic heterocycles. The molecule has 8 fully saturated rings. The number of benzene rings is 2. The van der Waals surface area contributed by atoms with E-state index in [4.69, 9.17) is 47.4 Å². The molecule has 2 N–H and O–H groups in total. The van der Waals surface area contributed by atoms with Crippen LogP contribution in [0.1, 0.15) is 20.7 Å². The van der Waals surface area contributed by atoms with Gasteiger partial charge in [0.15, 0.2) is 24.4 Å². The maximum atomic E-state index is 12.4. The van der Waals surface area contributed by atoms with Crippen LogP contribution in [0.5, 0.6) is 0 Å². The predicted octanol–water partition coefficient (Wildman–Crippen LogP) is 0.301. The molecule has 264 valence electrons. The smallest absolute Gasteiger partial charge is 0.338 e. The third-order valence-electron chi connectivity index (χ3n) is 8.89. The Hall–Kier alpha value is -4.52. The molecule has 2 aliphatic carbocycles. The Kier molecular flexibility index (Phi) is 9.51. The van der Waals surface area contributed by atoms with Crippen LogP contribution in [0.15, 0.2) is 86.0 Å². The van der Waals surface area contributed by atoms with Gasteiger partial charge in [-0.25, -0.2) is 19.2 Å². The predicted molar refractivity (Wildman–Crippen MR) is 160 cm³/mol. The normalized spacial score (nSPS) is 38.2. The van der Waals surface area contributed by atoms with Gasteiger partial charge in [0.25, 0.3) is 13.0 Å². The van der Waals surface area contributed by atoms with E-state index in [1.54, 1.807) is 60.7 Å². The van der Waals surface area contributed by atoms with E-state index in [9.17, 15) is 29.4 Å². The Balaban J connectivity index is 0.000000157. The molecule has 6 heterocycles. The molecule has 6 aliphatic heterocycles. The van der Waals surface area contributed by atoms with Gasteiger partial charge in [0.1, 0.15) is 48.8 Å². The van der Waals surface area contributed by atoms with Crippen molar-refractivity contribution in [2.45, 2.75) is 86.2 Å². The highest BCUT2D eigenvalue weighted by atomic mass is 16.9. The summed E-state index contributed by atoms with van der Waals surface area (Å²) < 4.78 is 54.2. The van der Waals surface area contributed by atoms with Crippen LogP contribution in [0.3, 0.4) is 0 Å². The molecule has 2 aromatic carbocycles. The summed E-state index contributed by atoms with van der Waals surface area (Å²) in [5.41, 5.74) is 0.698. The van der Waals surface area contributed by atoms with E-state index in [1.165, 1.54) is 0 Å². The van der Waals surface area contributed by atoms with E-state index in [1.807, 2.05) is 0 Å². The number of rotatable bonds is 8.